The van der Waals surface area contributed by atoms with Crippen molar-refractivity contribution in [3.63, 3.8) is 0 Å². The number of hydrogen-bond donors (Lipinski definition) is 2. The van der Waals surface area contributed by atoms with E-state index in [0.717, 1.165) is 30.0 Å². The number of benzene rings is 1. The number of aliphatic imine (C=N–C) groups is 1. The fraction of sp³-hybridized carbons (Fsp3) is 0.650. The molecule has 0 radical (unpaired) electrons. The fourth-order valence-electron chi connectivity index (χ4n) is 3.92. The molecule has 0 bridgehead atoms. The lowest BCUT2D eigenvalue weighted by Crippen LogP contribution is -2.46. The highest BCUT2D eigenvalue weighted by Gasteiger charge is 2.30. The Kier molecular flexibility index (Phi) is 7.00. The molecule has 0 amide bonds. The van der Waals surface area contributed by atoms with Gasteiger partial charge in [0.1, 0.15) is 18.1 Å². The molecule has 2 fully saturated rings. The lowest BCUT2D eigenvalue weighted by atomic mass is 10.2. The molecule has 144 valence electrons. The maximum atomic E-state index is 5.76. The van der Waals surface area contributed by atoms with E-state index in [4.69, 9.17) is 9.47 Å². The number of rotatable bonds is 7. The van der Waals surface area contributed by atoms with E-state index < -0.39 is 0 Å². The fourth-order valence-corrected chi connectivity index (χ4v) is 3.92. The Hall–Kier alpha value is -1.95. The van der Waals surface area contributed by atoms with E-state index in [0.29, 0.717) is 19.2 Å². The van der Waals surface area contributed by atoms with Gasteiger partial charge in [0.15, 0.2) is 5.96 Å². The summed E-state index contributed by atoms with van der Waals surface area (Å²) in [5, 5.41) is 6.90. The highest BCUT2D eigenvalue weighted by molar-refractivity contribution is 5.80. The Balaban J connectivity index is 1.35. The van der Waals surface area contributed by atoms with Crippen molar-refractivity contribution in [3.05, 3.63) is 24.3 Å². The number of guanidine groups is 1. The Morgan fingerprint density at radius 2 is 2.04 bits per heavy atom. The van der Waals surface area contributed by atoms with E-state index in [2.05, 4.69) is 20.5 Å². The van der Waals surface area contributed by atoms with Gasteiger partial charge < -0.3 is 20.1 Å². The normalized spacial score (nSPS) is 21.8. The maximum Gasteiger partial charge on any atom is 0.191 e. The smallest absolute Gasteiger partial charge is 0.191 e. The van der Waals surface area contributed by atoms with Gasteiger partial charge in [-0.05, 0) is 31.4 Å². The van der Waals surface area contributed by atoms with Gasteiger partial charge in [-0.1, -0.05) is 18.9 Å². The van der Waals surface area contributed by atoms with Crippen molar-refractivity contribution in [2.75, 3.05) is 40.4 Å². The summed E-state index contributed by atoms with van der Waals surface area (Å²) < 4.78 is 11.0. The average molecular weight is 361 g/mol. The van der Waals surface area contributed by atoms with E-state index >= 15 is 0 Å². The predicted octanol–water partition coefficient (Wildman–Crippen LogP) is 2.26. The van der Waals surface area contributed by atoms with Crippen LogP contribution in [0.1, 0.15) is 32.1 Å². The third-order valence-corrected chi connectivity index (χ3v) is 5.33. The minimum Gasteiger partial charge on any atom is -0.497 e. The first kappa shape index (κ1) is 18.8. The second-order valence-electron chi connectivity index (χ2n) is 7.09. The molecule has 1 saturated carbocycles. The Morgan fingerprint density at radius 1 is 1.23 bits per heavy atom. The second-order valence-corrected chi connectivity index (χ2v) is 7.09. The SMILES string of the molecule is CN=C(NCCOc1cccc(OC)c1)NC1CCN(C2CCCC2)C1. The molecule has 1 heterocycles. The Labute approximate surface area is 157 Å². The van der Waals surface area contributed by atoms with Gasteiger partial charge in [-0.3, -0.25) is 9.89 Å². The molecule has 1 unspecified atom stereocenters. The topological polar surface area (TPSA) is 58.1 Å². The maximum absolute atomic E-state index is 5.76. The van der Waals surface area contributed by atoms with E-state index in [1.165, 1.54) is 38.6 Å². The van der Waals surface area contributed by atoms with Crippen molar-refractivity contribution in [2.24, 2.45) is 4.99 Å². The first-order valence-corrected chi connectivity index (χ1v) is 9.76. The van der Waals surface area contributed by atoms with Crippen LogP contribution in [0, 0.1) is 0 Å². The molecule has 26 heavy (non-hydrogen) atoms. The summed E-state index contributed by atoms with van der Waals surface area (Å²) in [6.45, 7) is 3.62. The van der Waals surface area contributed by atoms with Crippen molar-refractivity contribution in [1.82, 2.24) is 15.5 Å². The molecular weight excluding hydrogens is 328 g/mol. The van der Waals surface area contributed by atoms with Gasteiger partial charge >= 0.3 is 0 Å². The van der Waals surface area contributed by atoms with Crippen molar-refractivity contribution >= 4 is 5.96 Å². The number of nitrogens with zero attached hydrogens (tertiary/aromatic N) is 2. The van der Waals surface area contributed by atoms with Crippen molar-refractivity contribution < 1.29 is 9.47 Å². The number of methoxy groups -OCH3 is 1. The molecule has 0 spiro atoms. The Morgan fingerprint density at radius 3 is 2.81 bits per heavy atom. The summed E-state index contributed by atoms with van der Waals surface area (Å²) in [5.74, 6) is 2.48. The number of likely N-dealkylation sites (tertiary alicyclic amines) is 1. The van der Waals surface area contributed by atoms with Crippen LogP contribution in [-0.2, 0) is 0 Å². The average Bonchev–Trinajstić information content (AvgIpc) is 3.36. The molecule has 1 aromatic rings. The van der Waals surface area contributed by atoms with E-state index in [1.54, 1.807) is 7.11 Å². The zero-order chi connectivity index (χ0) is 18.2. The van der Waals surface area contributed by atoms with E-state index in [1.807, 2.05) is 31.3 Å². The van der Waals surface area contributed by atoms with Gasteiger partial charge in [-0.15, -0.1) is 0 Å². The van der Waals surface area contributed by atoms with Crippen LogP contribution in [0.4, 0.5) is 0 Å². The van der Waals surface area contributed by atoms with Crippen molar-refractivity contribution in [3.8, 4) is 11.5 Å². The lowest BCUT2D eigenvalue weighted by Gasteiger charge is -2.24. The third kappa shape index (κ3) is 5.27. The Bertz CT molecular complexity index is 587. The monoisotopic (exact) mass is 360 g/mol. The van der Waals surface area contributed by atoms with Gasteiger partial charge in [0, 0.05) is 38.3 Å². The van der Waals surface area contributed by atoms with Crippen LogP contribution in [-0.4, -0.2) is 63.3 Å². The first-order chi connectivity index (χ1) is 12.8. The number of ether oxygens (including phenoxy) is 2. The molecule has 1 aliphatic heterocycles. The summed E-state index contributed by atoms with van der Waals surface area (Å²) in [6, 6.07) is 8.97. The minimum absolute atomic E-state index is 0.487. The number of nitrogens with one attached hydrogen (secondary N) is 2. The van der Waals surface area contributed by atoms with Crippen LogP contribution < -0.4 is 20.1 Å². The lowest BCUT2D eigenvalue weighted by molar-refractivity contribution is 0.242. The molecule has 3 rings (SSSR count). The van der Waals surface area contributed by atoms with E-state index in [-0.39, 0.29) is 0 Å². The molecule has 1 atom stereocenters. The van der Waals surface area contributed by atoms with Crippen molar-refractivity contribution in [2.45, 2.75) is 44.2 Å². The quantitative estimate of drug-likeness (QED) is 0.444. The summed E-state index contributed by atoms with van der Waals surface area (Å²) in [7, 11) is 3.48. The number of hydrogen-bond acceptors (Lipinski definition) is 4. The molecule has 1 aliphatic carbocycles. The van der Waals surface area contributed by atoms with Crippen LogP contribution in [0.2, 0.25) is 0 Å². The summed E-state index contributed by atoms with van der Waals surface area (Å²) >= 11 is 0. The van der Waals surface area contributed by atoms with Crippen LogP contribution in [0.15, 0.2) is 29.3 Å². The standard InChI is InChI=1S/C20H32N4O2/c1-21-20(22-11-13-26-19-9-5-8-18(14-19)25-2)23-16-10-12-24(15-16)17-6-3-4-7-17/h5,8-9,14,16-17H,3-4,6-7,10-13,15H2,1-2H3,(H2,21,22,23). The molecule has 1 aromatic carbocycles. The largest absolute Gasteiger partial charge is 0.497 e. The van der Waals surface area contributed by atoms with Crippen molar-refractivity contribution in [1.29, 1.82) is 0 Å². The molecule has 2 aliphatic rings. The first-order valence-electron chi connectivity index (χ1n) is 9.76. The summed E-state index contributed by atoms with van der Waals surface area (Å²) in [6.07, 6.45) is 6.74. The van der Waals surface area contributed by atoms with Gasteiger partial charge in [-0.2, -0.15) is 0 Å². The van der Waals surface area contributed by atoms with Gasteiger partial charge in [0.25, 0.3) is 0 Å². The van der Waals surface area contributed by atoms with Crippen LogP contribution in [0.5, 0.6) is 11.5 Å². The summed E-state index contributed by atoms with van der Waals surface area (Å²) in [4.78, 5) is 7.00. The minimum atomic E-state index is 0.487. The molecule has 1 saturated heterocycles. The second kappa shape index (κ2) is 9.67. The highest BCUT2D eigenvalue weighted by atomic mass is 16.5. The van der Waals surface area contributed by atoms with Crippen LogP contribution in [0.3, 0.4) is 0 Å². The molecule has 0 aromatic heterocycles. The van der Waals surface area contributed by atoms with E-state index in [9.17, 15) is 0 Å². The molecule has 6 heteroatoms. The van der Waals surface area contributed by atoms with Crippen LogP contribution >= 0.6 is 0 Å². The third-order valence-electron chi connectivity index (χ3n) is 5.33. The highest BCUT2D eigenvalue weighted by Crippen LogP contribution is 2.26. The zero-order valence-electron chi connectivity index (χ0n) is 16.0. The van der Waals surface area contributed by atoms with Gasteiger partial charge in [-0.25, -0.2) is 0 Å². The molecular formula is C20H32N4O2. The predicted molar refractivity (Wildman–Crippen MR) is 105 cm³/mol. The molecule has 6 nitrogen and oxygen atoms in total. The zero-order valence-corrected chi connectivity index (χ0v) is 16.0. The molecule has 2 N–H and O–H groups in total. The van der Waals surface area contributed by atoms with Crippen LogP contribution in [0.25, 0.3) is 0 Å². The summed E-state index contributed by atoms with van der Waals surface area (Å²) in [5.41, 5.74) is 0. The van der Waals surface area contributed by atoms with Gasteiger partial charge in [0.05, 0.1) is 13.7 Å². The van der Waals surface area contributed by atoms with Gasteiger partial charge in [0.2, 0.25) is 0 Å².